The third-order valence-electron chi connectivity index (χ3n) is 3.39. The van der Waals surface area contributed by atoms with Gasteiger partial charge in [0.1, 0.15) is 5.51 Å². The quantitative estimate of drug-likeness (QED) is 0.825. The number of nitrogens with one attached hydrogen (secondary N) is 2. The maximum absolute atomic E-state index is 11.5. The lowest BCUT2D eigenvalue weighted by molar-refractivity contribution is 0.251. The Morgan fingerprint density at radius 2 is 2.11 bits per heavy atom. The molecule has 1 saturated carbocycles. The summed E-state index contributed by atoms with van der Waals surface area (Å²) in [5.74, 6) is 0.786. The van der Waals surface area contributed by atoms with Crippen molar-refractivity contribution < 1.29 is 4.79 Å². The van der Waals surface area contributed by atoms with Crippen LogP contribution in [0.15, 0.2) is 5.51 Å². The van der Waals surface area contributed by atoms with Crippen molar-refractivity contribution in [1.29, 1.82) is 0 Å². The molecule has 6 heteroatoms. The SMILES string of the molecule is O=C(NCCC1CCCCCC1)Nc1nncs1. The Balaban J connectivity index is 1.60. The monoisotopic (exact) mass is 268 g/mol. The molecule has 0 aliphatic heterocycles. The molecule has 18 heavy (non-hydrogen) atoms. The summed E-state index contributed by atoms with van der Waals surface area (Å²) in [5.41, 5.74) is 1.60. The fourth-order valence-corrected chi connectivity index (χ4v) is 2.85. The van der Waals surface area contributed by atoms with Crippen LogP contribution in [0, 0.1) is 5.92 Å². The molecule has 5 nitrogen and oxygen atoms in total. The molecule has 1 aromatic rings. The van der Waals surface area contributed by atoms with Gasteiger partial charge >= 0.3 is 6.03 Å². The van der Waals surface area contributed by atoms with Gasteiger partial charge in [0.15, 0.2) is 0 Å². The molecule has 0 atom stereocenters. The van der Waals surface area contributed by atoms with Gasteiger partial charge in [-0.1, -0.05) is 49.9 Å². The van der Waals surface area contributed by atoms with E-state index in [1.165, 1.54) is 49.9 Å². The average molecular weight is 268 g/mol. The molecule has 0 saturated heterocycles. The molecule has 2 amide bonds. The van der Waals surface area contributed by atoms with E-state index < -0.39 is 0 Å². The Labute approximate surface area is 111 Å². The van der Waals surface area contributed by atoms with Gasteiger partial charge in [-0.25, -0.2) is 4.79 Å². The van der Waals surface area contributed by atoms with Crippen LogP contribution in [-0.2, 0) is 0 Å². The number of hydrogen-bond donors (Lipinski definition) is 2. The van der Waals surface area contributed by atoms with Gasteiger partial charge in [0.2, 0.25) is 5.13 Å². The molecule has 1 fully saturated rings. The zero-order valence-electron chi connectivity index (χ0n) is 10.5. The van der Waals surface area contributed by atoms with Crippen LogP contribution in [0.4, 0.5) is 9.93 Å². The number of nitrogens with zero attached hydrogens (tertiary/aromatic N) is 2. The van der Waals surface area contributed by atoms with Gasteiger partial charge in [0.25, 0.3) is 0 Å². The number of rotatable bonds is 4. The number of amides is 2. The van der Waals surface area contributed by atoms with Crippen molar-refractivity contribution >= 4 is 22.5 Å². The van der Waals surface area contributed by atoms with E-state index in [0.29, 0.717) is 5.13 Å². The van der Waals surface area contributed by atoms with Crippen molar-refractivity contribution in [2.24, 2.45) is 5.92 Å². The first-order chi connectivity index (χ1) is 8.84. The first-order valence-corrected chi connectivity index (χ1v) is 7.53. The second-order valence-electron chi connectivity index (χ2n) is 4.77. The van der Waals surface area contributed by atoms with E-state index in [4.69, 9.17) is 0 Å². The highest BCUT2D eigenvalue weighted by atomic mass is 32.1. The average Bonchev–Trinajstić information content (AvgIpc) is 2.72. The molecule has 0 unspecified atom stereocenters. The molecule has 100 valence electrons. The molecule has 2 N–H and O–H groups in total. The summed E-state index contributed by atoms with van der Waals surface area (Å²) in [7, 11) is 0. The minimum Gasteiger partial charge on any atom is -0.338 e. The Morgan fingerprint density at radius 3 is 2.78 bits per heavy atom. The van der Waals surface area contributed by atoms with Crippen LogP contribution in [-0.4, -0.2) is 22.8 Å². The van der Waals surface area contributed by atoms with Gasteiger partial charge < -0.3 is 5.32 Å². The fraction of sp³-hybridized carbons (Fsp3) is 0.750. The van der Waals surface area contributed by atoms with Crippen LogP contribution in [0.1, 0.15) is 44.9 Å². The Kier molecular flexibility index (Phi) is 5.38. The summed E-state index contributed by atoms with van der Waals surface area (Å²) in [6, 6.07) is -0.180. The third kappa shape index (κ3) is 4.60. The minimum absolute atomic E-state index is 0.180. The normalized spacial score (nSPS) is 17.1. The number of aromatic nitrogens is 2. The summed E-state index contributed by atoms with van der Waals surface area (Å²) in [5, 5.41) is 13.5. The van der Waals surface area contributed by atoms with Crippen LogP contribution in [0.25, 0.3) is 0 Å². The molecule has 1 aliphatic carbocycles. The van der Waals surface area contributed by atoms with E-state index in [-0.39, 0.29) is 6.03 Å². The minimum atomic E-state index is -0.180. The van der Waals surface area contributed by atoms with Crippen LogP contribution in [0.5, 0.6) is 0 Å². The molecule has 1 heterocycles. The second kappa shape index (κ2) is 7.31. The van der Waals surface area contributed by atoms with Crippen molar-refractivity contribution in [3.05, 3.63) is 5.51 Å². The van der Waals surface area contributed by atoms with E-state index in [0.717, 1.165) is 18.9 Å². The molecule has 1 aromatic heterocycles. The standard InChI is InChI=1S/C12H20N4OS/c17-11(15-12-16-14-9-18-12)13-8-7-10-5-3-1-2-4-6-10/h9-10H,1-8H2,(H2,13,15,16,17). The third-order valence-corrected chi connectivity index (χ3v) is 4.00. The fourth-order valence-electron chi connectivity index (χ4n) is 2.41. The van der Waals surface area contributed by atoms with Crippen LogP contribution < -0.4 is 10.6 Å². The zero-order valence-corrected chi connectivity index (χ0v) is 11.3. The van der Waals surface area contributed by atoms with Gasteiger partial charge in [-0.15, -0.1) is 10.2 Å². The predicted octanol–water partition coefficient (Wildman–Crippen LogP) is 3.02. The van der Waals surface area contributed by atoms with E-state index >= 15 is 0 Å². The van der Waals surface area contributed by atoms with Gasteiger partial charge in [-0.3, -0.25) is 5.32 Å². The number of carbonyl (C=O) groups excluding carboxylic acids is 1. The Morgan fingerprint density at radius 1 is 1.33 bits per heavy atom. The van der Waals surface area contributed by atoms with E-state index in [1.54, 1.807) is 5.51 Å². The predicted molar refractivity (Wildman–Crippen MR) is 72.7 cm³/mol. The van der Waals surface area contributed by atoms with Crippen molar-refractivity contribution in [3.63, 3.8) is 0 Å². The van der Waals surface area contributed by atoms with Gasteiger partial charge in [-0.2, -0.15) is 0 Å². The van der Waals surface area contributed by atoms with Crippen LogP contribution in [0.3, 0.4) is 0 Å². The summed E-state index contributed by atoms with van der Waals surface area (Å²) in [4.78, 5) is 11.5. The lowest BCUT2D eigenvalue weighted by Crippen LogP contribution is -2.30. The van der Waals surface area contributed by atoms with Gasteiger partial charge in [0, 0.05) is 6.54 Å². The smallest absolute Gasteiger partial charge is 0.321 e. The summed E-state index contributed by atoms with van der Waals surface area (Å²) >= 11 is 1.32. The first-order valence-electron chi connectivity index (χ1n) is 6.65. The highest BCUT2D eigenvalue weighted by molar-refractivity contribution is 7.13. The highest BCUT2D eigenvalue weighted by Crippen LogP contribution is 2.24. The maximum atomic E-state index is 11.5. The lowest BCUT2D eigenvalue weighted by Gasteiger charge is -2.13. The summed E-state index contributed by atoms with van der Waals surface area (Å²) in [6.07, 6.45) is 9.18. The topological polar surface area (TPSA) is 66.9 Å². The van der Waals surface area contributed by atoms with Crippen molar-refractivity contribution in [2.45, 2.75) is 44.9 Å². The van der Waals surface area contributed by atoms with Crippen LogP contribution in [0.2, 0.25) is 0 Å². The molecule has 0 aromatic carbocycles. The highest BCUT2D eigenvalue weighted by Gasteiger charge is 2.12. The lowest BCUT2D eigenvalue weighted by atomic mass is 9.97. The molecular formula is C12H20N4OS. The molecule has 0 radical (unpaired) electrons. The van der Waals surface area contributed by atoms with Gasteiger partial charge in [0.05, 0.1) is 0 Å². The van der Waals surface area contributed by atoms with Gasteiger partial charge in [-0.05, 0) is 12.3 Å². The molecular weight excluding hydrogens is 248 g/mol. The molecule has 0 spiro atoms. The van der Waals surface area contributed by atoms with E-state index in [1.807, 2.05) is 0 Å². The van der Waals surface area contributed by atoms with E-state index in [9.17, 15) is 4.79 Å². The molecule has 1 aliphatic rings. The molecule has 2 rings (SSSR count). The first kappa shape index (κ1) is 13.3. The summed E-state index contributed by atoms with van der Waals surface area (Å²) in [6.45, 7) is 0.745. The Bertz CT molecular complexity index is 347. The molecule has 0 bridgehead atoms. The summed E-state index contributed by atoms with van der Waals surface area (Å²) < 4.78 is 0. The second-order valence-corrected chi connectivity index (χ2v) is 5.60. The number of hydrogen-bond acceptors (Lipinski definition) is 4. The Hall–Kier alpha value is -1.17. The van der Waals surface area contributed by atoms with Crippen molar-refractivity contribution in [3.8, 4) is 0 Å². The van der Waals surface area contributed by atoms with Crippen molar-refractivity contribution in [2.75, 3.05) is 11.9 Å². The largest absolute Gasteiger partial charge is 0.338 e. The van der Waals surface area contributed by atoms with Crippen LogP contribution >= 0.6 is 11.3 Å². The number of carbonyl (C=O) groups is 1. The number of anilines is 1. The zero-order chi connectivity index (χ0) is 12.6. The number of urea groups is 1. The van der Waals surface area contributed by atoms with E-state index in [2.05, 4.69) is 20.8 Å². The van der Waals surface area contributed by atoms with Crippen molar-refractivity contribution in [1.82, 2.24) is 15.5 Å². The maximum Gasteiger partial charge on any atom is 0.321 e.